The van der Waals surface area contributed by atoms with E-state index in [4.69, 9.17) is 0 Å². The molecular formula is C13H17FO. The summed E-state index contributed by atoms with van der Waals surface area (Å²) < 4.78 is 12.6. The highest BCUT2D eigenvalue weighted by Crippen LogP contribution is 2.12. The first-order valence-electron chi connectivity index (χ1n) is 5.40. The van der Waals surface area contributed by atoms with Crippen molar-refractivity contribution in [1.82, 2.24) is 0 Å². The van der Waals surface area contributed by atoms with Gasteiger partial charge in [0.1, 0.15) is 11.6 Å². The van der Waals surface area contributed by atoms with E-state index >= 15 is 0 Å². The van der Waals surface area contributed by atoms with Gasteiger partial charge in [-0.15, -0.1) is 0 Å². The first kappa shape index (κ1) is 11.9. The number of Topliss-reactive ketones (excluding diaryl/α,β-unsaturated/α-hetero) is 1. The highest BCUT2D eigenvalue weighted by atomic mass is 19.1. The number of benzene rings is 1. The minimum absolute atomic E-state index is 0.0374. The Hall–Kier alpha value is -1.18. The number of hydrogen-bond acceptors (Lipinski definition) is 1. The molecule has 0 aliphatic carbocycles. The fourth-order valence-electron chi connectivity index (χ4n) is 1.58. The molecule has 0 bridgehead atoms. The molecule has 0 spiro atoms. The van der Waals surface area contributed by atoms with Gasteiger partial charge in [0.25, 0.3) is 0 Å². The van der Waals surface area contributed by atoms with Crippen LogP contribution in [0.15, 0.2) is 24.3 Å². The fraction of sp³-hybridized carbons (Fsp3) is 0.462. The molecule has 0 saturated heterocycles. The lowest BCUT2D eigenvalue weighted by atomic mass is 9.95. The Morgan fingerprint density at radius 2 is 1.93 bits per heavy atom. The maximum Gasteiger partial charge on any atom is 0.136 e. The van der Waals surface area contributed by atoms with Crippen LogP contribution in [0.25, 0.3) is 0 Å². The van der Waals surface area contributed by atoms with Gasteiger partial charge >= 0.3 is 0 Å². The summed E-state index contributed by atoms with van der Waals surface area (Å²) in [4.78, 5) is 11.5. The summed E-state index contributed by atoms with van der Waals surface area (Å²) in [6.45, 7) is 3.93. The van der Waals surface area contributed by atoms with Crippen LogP contribution in [0.4, 0.5) is 4.39 Å². The SMILES string of the molecule is CCCC(=O)C(C)Cc1ccc(F)cc1. The number of rotatable bonds is 5. The zero-order valence-electron chi connectivity index (χ0n) is 9.29. The second-order valence-electron chi connectivity index (χ2n) is 3.95. The molecule has 1 aromatic rings. The molecule has 1 atom stereocenters. The molecule has 0 aliphatic rings. The Balaban J connectivity index is 2.54. The van der Waals surface area contributed by atoms with E-state index in [0.29, 0.717) is 18.6 Å². The van der Waals surface area contributed by atoms with Crippen LogP contribution in [0.2, 0.25) is 0 Å². The summed E-state index contributed by atoms with van der Waals surface area (Å²) in [6, 6.07) is 6.36. The summed E-state index contributed by atoms with van der Waals surface area (Å²) in [7, 11) is 0. The van der Waals surface area contributed by atoms with Crippen LogP contribution in [0.5, 0.6) is 0 Å². The van der Waals surface area contributed by atoms with Gasteiger partial charge in [-0.1, -0.05) is 26.0 Å². The van der Waals surface area contributed by atoms with Crippen LogP contribution in [0.1, 0.15) is 32.3 Å². The van der Waals surface area contributed by atoms with Crippen molar-refractivity contribution in [3.8, 4) is 0 Å². The second-order valence-corrected chi connectivity index (χ2v) is 3.95. The molecule has 0 saturated carbocycles. The number of carbonyl (C=O) groups is 1. The molecule has 0 aromatic heterocycles. The standard InChI is InChI=1S/C13H17FO/c1-3-4-13(15)10(2)9-11-5-7-12(14)8-6-11/h5-8,10H,3-4,9H2,1-2H3. The van der Waals surface area contributed by atoms with Crippen molar-refractivity contribution < 1.29 is 9.18 Å². The fourth-order valence-corrected chi connectivity index (χ4v) is 1.58. The van der Waals surface area contributed by atoms with Gasteiger partial charge in [0.2, 0.25) is 0 Å². The predicted octanol–water partition coefficient (Wildman–Crippen LogP) is 3.37. The average molecular weight is 208 g/mol. The summed E-state index contributed by atoms with van der Waals surface area (Å²) in [5, 5.41) is 0. The monoisotopic (exact) mass is 208 g/mol. The van der Waals surface area contributed by atoms with Crippen LogP contribution in [0.3, 0.4) is 0 Å². The molecule has 1 rings (SSSR count). The first-order valence-corrected chi connectivity index (χ1v) is 5.40. The Morgan fingerprint density at radius 3 is 2.47 bits per heavy atom. The quantitative estimate of drug-likeness (QED) is 0.725. The van der Waals surface area contributed by atoms with Crippen molar-refractivity contribution in [2.24, 2.45) is 5.92 Å². The van der Waals surface area contributed by atoms with Crippen molar-refractivity contribution in [2.75, 3.05) is 0 Å². The Bertz CT molecular complexity index is 316. The van der Waals surface area contributed by atoms with Gasteiger partial charge in [-0.2, -0.15) is 0 Å². The van der Waals surface area contributed by atoms with Crippen LogP contribution in [-0.2, 0) is 11.2 Å². The number of ketones is 1. The third-order valence-corrected chi connectivity index (χ3v) is 2.50. The minimum atomic E-state index is -0.230. The number of halogens is 1. The molecule has 0 aliphatic heterocycles. The summed E-state index contributed by atoms with van der Waals surface area (Å²) in [5.41, 5.74) is 1.02. The van der Waals surface area contributed by atoms with E-state index in [-0.39, 0.29) is 11.7 Å². The topological polar surface area (TPSA) is 17.1 Å². The van der Waals surface area contributed by atoms with Crippen molar-refractivity contribution >= 4 is 5.78 Å². The smallest absolute Gasteiger partial charge is 0.136 e. The molecule has 0 heterocycles. The lowest BCUT2D eigenvalue weighted by Gasteiger charge is -2.09. The van der Waals surface area contributed by atoms with Gasteiger partial charge in [-0.25, -0.2) is 4.39 Å². The first-order chi connectivity index (χ1) is 7.13. The van der Waals surface area contributed by atoms with Gasteiger partial charge in [-0.3, -0.25) is 4.79 Å². The lowest BCUT2D eigenvalue weighted by molar-refractivity contribution is -0.122. The molecule has 1 unspecified atom stereocenters. The third kappa shape index (κ3) is 3.82. The third-order valence-electron chi connectivity index (χ3n) is 2.50. The minimum Gasteiger partial charge on any atom is -0.299 e. The van der Waals surface area contributed by atoms with Crippen LogP contribution in [-0.4, -0.2) is 5.78 Å². The molecule has 0 amide bonds. The Morgan fingerprint density at radius 1 is 1.33 bits per heavy atom. The van der Waals surface area contributed by atoms with Crippen molar-refractivity contribution in [3.63, 3.8) is 0 Å². The highest BCUT2D eigenvalue weighted by molar-refractivity contribution is 5.80. The summed E-state index contributed by atoms with van der Waals surface area (Å²) >= 11 is 0. The van der Waals surface area contributed by atoms with Crippen molar-refractivity contribution in [3.05, 3.63) is 35.6 Å². The van der Waals surface area contributed by atoms with Crippen molar-refractivity contribution in [1.29, 1.82) is 0 Å². The predicted molar refractivity (Wildman–Crippen MR) is 59.2 cm³/mol. The van der Waals surface area contributed by atoms with Crippen LogP contribution in [0, 0.1) is 11.7 Å². The highest BCUT2D eigenvalue weighted by Gasteiger charge is 2.12. The molecule has 1 nitrogen and oxygen atoms in total. The molecule has 0 radical (unpaired) electrons. The van der Waals surface area contributed by atoms with Crippen LogP contribution >= 0.6 is 0 Å². The molecule has 15 heavy (non-hydrogen) atoms. The average Bonchev–Trinajstić information content (AvgIpc) is 2.22. The lowest BCUT2D eigenvalue weighted by Crippen LogP contribution is -2.13. The van der Waals surface area contributed by atoms with Crippen LogP contribution < -0.4 is 0 Å². The summed E-state index contributed by atoms with van der Waals surface area (Å²) in [6.07, 6.45) is 2.24. The maximum atomic E-state index is 12.6. The van der Waals surface area contributed by atoms with E-state index in [0.717, 1.165) is 12.0 Å². The molecule has 2 heteroatoms. The zero-order valence-corrected chi connectivity index (χ0v) is 9.29. The molecule has 82 valence electrons. The number of carbonyl (C=O) groups excluding carboxylic acids is 1. The van der Waals surface area contributed by atoms with Gasteiger partial charge in [-0.05, 0) is 30.5 Å². The number of hydrogen-bond donors (Lipinski definition) is 0. The zero-order chi connectivity index (χ0) is 11.3. The van der Waals surface area contributed by atoms with E-state index in [2.05, 4.69) is 0 Å². The largest absolute Gasteiger partial charge is 0.299 e. The van der Waals surface area contributed by atoms with E-state index in [1.54, 1.807) is 12.1 Å². The Kier molecular flexibility index (Phi) is 4.47. The van der Waals surface area contributed by atoms with Crippen molar-refractivity contribution in [2.45, 2.75) is 33.1 Å². The van der Waals surface area contributed by atoms with Gasteiger partial charge in [0, 0.05) is 12.3 Å². The molecule has 0 N–H and O–H groups in total. The molecule has 0 fully saturated rings. The van der Waals surface area contributed by atoms with E-state index in [1.165, 1.54) is 12.1 Å². The van der Waals surface area contributed by atoms with E-state index in [9.17, 15) is 9.18 Å². The van der Waals surface area contributed by atoms with E-state index < -0.39 is 0 Å². The molecule has 1 aromatic carbocycles. The van der Waals surface area contributed by atoms with Gasteiger partial charge < -0.3 is 0 Å². The van der Waals surface area contributed by atoms with Gasteiger partial charge in [0.05, 0.1) is 0 Å². The normalized spacial score (nSPS) is 12.5. The summed E-state index contributed by atoms with van der Waals surface area (Å²) in [5.74, 6) is 0.100. The van der Waals surface area contributed by atoms with Gasteiger partial charge in [0.15, 0.2) is 0 Å². The molecular weight excluding hydrogens is 191 g/mol. The maximum absolute atomic E-state index is 12.6. The Labute approximate surface area is 90.3 Å². The second kappa shape index (κ2) is 5.64. The van der Waals surface area contributed by atoms with E-state index in [1.807, 2.05) is 13.8 Å².